The number of anilines is 1. The van der Waals surface area contributed by atoms with Gasteiger partial charge in [-0.3, -0.25) is 4.79 Å². The molecule has 2 aromatic rings. The molecule has 1 unspecified atom stereocenters. The van der Waals surface area contributed by atoms with Crippen LogP contribution in [0.5, 0.6) is 0 Å². The number of carbonyl (C=O) groups excluding carboxylic acids is 1. The molecule has 3 rings (SSSR count). The van der Waals surface area contributed by atoms with Crippen molar-refractivity contribution in [3.63, 3.8) is 0 Å². The molecular weight excluding hydrogens is 310 g/mol. The van der Waals surface area contributed by atoms with Gasteiger partial charge < -0.3 is 19.2 Å². The summed E-state index contributed by atoms with van der Waals surface area (Å²) in [4.78, 5) is 23.4. The fourth-order valence-electron chi connectivity index (χ4n) is 2.82. The highest BCUT2D eigenvalue weighted by Gasteiger charge is 2.14. The smallest absolute Gasteiger partial charge is 0.336 e. The predicted octanol–water partition coefficient (Wildman–Crippen LogP) is 2.63. The van der Waals surface area contributed by atoms with Crippen molar-refractivity contribution in [2.75, 3.05) is 25.1 Å². The first kappa shape index (κ1) is 16.7. The summed E-state index contributed by atoms with van der Waals surface area (Å²) >= 11 is 0. The third-order valence-electron chi connectivity index (χ3n) is 4.05. The van der Waals surface area contributed by atoms with Gasteiger partial charge in [0, 0.05) is 29.8 Å². The first-order valence-corrected chi connectivity index (χ1v) is 8.15. The Bertz CT molecular complexity index is 777. The van der Waals surface area contributed by atoms with Crippen molar-refractivity contribution >= 4 is 22.6 Å². The van der Waals surface area contributed by atoms with Gasteiger partial charge >= 0.3 is 5.63 Å². The number of aryl methyl sites for hydroxylation is 1. The van der Waals surface area contributed by atoms with E-state index in [4.69, 9.17) is 13.9 Å². The zero-order valence-corrected chi connectivity index (χ0v) is 13.7. The van der Waals surface area contributed by atoms with Crippen LogP contribution >= 0.6 is 0 Å². The average molecular weight is 331 g/mol. The summed E-state index contributed by atoms with van der Waals surface area (Å²) in [5, 5.41) is 3.59. The summed E-state index contributed by atoms with van der Waals surface area (Å²) < 4.78 is 16.1. The van der Waals surface area contributed by atoms with E-state index >= 15 is 0 Å². The van der Waals surface area contributed by atoms with E-state index in [1.54, 1.807) is 12.1 Å². The van der Waals surface area contributed by atoms with Gasteiger partial charge in [-0.25, -0.2) is 4.79 Å². The molecule has 0 bridgehead atoms. The Morgan fingerprint density at radius 3 is 3.00 bits per heavy atom. The second kappa shape index (κ2) is 7.59. The SMILES string of the molecule is Cc1cc(=O)oc2cc(NC(=O)COCC3CCCCO3)ccc12. The maximum atomic E-state index is 12.0. The number of ether oxygens (including phenoxy) is 2. The average Bonchev–Trinajstić information content (AvgIpc) is 2.55. The highest BCUT2D eigenvalue weighted by molar-refractivity contribution is 5.94. The van der Waals surface area contributed by atoms with Crippen LogP contribution in [0.3, 0.4) is 0 Å². The van der Waals surface area contributed by atoms with Crippen LogP contribution in [0, 0.1) is 6.92 Å². The highest BCUT2D eigenvalue weighted by atomic mass is 16.5. The fraction of sp³-hybridized carbons (Fsp3) is 0.444. The van der Waals surface area contributed by atoms with E-state index in [0.717, 1.165) is 36.8 Å². The molecule has 24 heavy (non-hydrogen) atoms. The van der Waals surface area contributed by atoms with E-state index in [0.29, 0.717) is 17.9 Å². The van der Waals surface area contributed by atoms with Crippen molar-refractivity contribution < 1.29 is 18.7 Å². The lowest BCUT2D eigenvalue weighted by Gasteiger charge is -2.22. The Morgan fingerprint density at radius 1 is 1.33 bits per heavy atom. The van der Waals surface area contributed by atoms with Crippen LogP contribution < -0.4 is 10.9 Å². The summed E-state index contributed by atoms with van der Waals surface area (Å²) in [6.45, 7) is 3.01. The van der Waals surface area contributed by atoms with Crippen molar-refractivity contribution in [2.24, 2.45) is 0 Å². The molecule has 1 fully saturated rings. The zero-order valence-electron chi connectivity index (χ0n) is 13.7. The predicted molar refractivity (Wildman–Crippen MR) is 90.3 cm³/mol. The maximum Gasteiger partial charge on any atom is 0.336 e. The van der Waals surface area contributed by atoms with E-state index in [1.165, 1.54) is 6.07 Å². The molecule has 2 heterocycles. The van der Waals surface area contributed by atoms with Crippen LogP contribution in [0.4, 0.5) is 5.69 Å². The van der Waals surface area contributed by atoms with Crippen LogP contribution in [0.2, 0.25) is 0 Å². The number of nitrogens with one attached hydrogen (secondary N) is 1. The van der Waals surface area contributed by atoms with Crippen LogP contribution in [-0.4, -0.2) is 31.8 Å². The molecule has 0 saturated carbocycles. The molecule has 1 atom stereocenters. The first-order valence-electron chi connectivity index (χ1n) is 8.15. The molecule has 6 nitrogen and oxygen atoms in total. The Labute approximate surface area is 139 Å². The Kier molecular flexibility index (Phi) is 5.27. The van der Waals surface area contributed by atoms with E-state index in [1.807, 2.05) is 13.0 Å². The Morgan fingerprint density at radius 2 is 2.21 bits per heavy atom. The van der Waals surface area contributed by atoms with Gasteiger partial charge in [-0.05, 0) is 43.9 Å². The van der Waals surface area contributed by atoms with Gasteiger partial charge in [0.05, 0.1) is 12.7 Å². The van der Waals surface area contributed by atoms with E-state index in [-0.39, 0.29) is 18.6 Å². The number of benzene rings is 1. The lowest BCUT2D eigenvalue weighted by Crippen LogP contribution is -2.27. The van der Waals surface area contributed by atoms with E-state index < -0.39 is 5.63 Å². The molecule has 6 heteroatoms. The molecule has 0 spiro atoms. The second-order valence-corrected chi connectivity index (χ2v) is 6.01. The van der Waals surface area contributed by atoms with Gasteiger partial charge in [-0.15, -0.1) is 0 Å². The topological polar surface area (TPSA) is 77.8 Å². The molecule has 1 amide bonds. The molecule has 128 valence electrons. The van der Waals surface area contributed by atoms with Gasteiger partial charge in [-0.1, -0.05) is 0 Å². The van der Waals surface area contributed by atoms with Crippen molar-refractivity contribution in [3.05, 3.63) is 40.2 Å². The van der Waals surface area contributed by atoms with Gasteiger partial charge in [0.25, 0.3) is 0 Å². The van der Waals surface area contributed by atoms with Crippen molar-refractivity contribution in [1.29, 1.82) is 0 Å². The quantitative estimate of drug-likeness (QED) is 0.852. The zero-order chi connectivity index (χ0) is 16.9. The molecule has 1 aliphatic heterocycles. The number of amides is 1. The summed E-state index contributed by atoms with van der Waals surface area (Å²) in [5.41, 5.74) is 1.46. The van der Waals surface area contributed by atoms with Crippen molar-refractivity contribution in [2.45, 2.75) is 32.3 Å². The Hall–Kier alpha value is -2.18. The lowest BCUT2D eigenvalue weighted by molar-refractivity contribution is -0.122. The molecule has 1 aromatic heterocycles. The van der Waals surface area contributed by atoms with Gasteiger partial charge in [0.15, 0.2) is 0 Å². The van der Waals surface area contributed by atoms with Crippen molar-refractivity contribution in [3.8, 4) is 0 Å². The van der Waals surface area contributed by atoms with Crippen LogP contribution in [-0.2, 0) is 14.3 Å². The summed E-state index contributed by atoms with van der Waals surface area (Å²) in [6, 6.07) is 6.69. The van der Waals surface area contributed by atoms with E-state index in [9.17, 15) is 9.59 Å². The summed E-state index contributed by atoms with van der Waals surface area (Å²) in [6.07, 6.45) is 3.30. The minimum Gasteiger partial charge on any atom is -0.423 e. The highest BCUT2D eigenvalue weighted by Crippen LogP contribution is 2.20. The normalized spacial score (nSPS) is 17.8. The minimum absolute atomic E-state index is 0.0321. The summed E-state index contributed by atoms with van der Waals surface area (Å²) in [7, 11) is 0. The Balaban J connectivity index is 1.56. The maximum absolute atomic E-state index is 12.0. The molecule has 1 N–H and O–H groups in total. The standard InChI is InChI=1S/C18H21NO5/c1-12-8-18(21)24-16-9-13(5-6-15(12)16)19-17(20)11-22-10-14-4-2-3-7-23-14/h5-6,8-9,14H,2-4,7,10-11H2,1H3,(H,19,20). The van der Waals surface area contributed by atoms with Crippen molar-refractivity contribution in [1.82, 2.24) is 0 Å². The monoisotopic (exact) mass is 331 g/mol. The number of rotatable bonds is 5. The third kappa shape index (κ3) is 4.21. The molecule has 0 radical (unpaired) electrons. The van der Waals surface area contributed by atoms with Gasteiger partial charge in [-0.2, -0.15) is 0 Å². The van der Waals surface area contributed by atoms with E-state index in [2.05, 4.69) is 5.32 Å². The van der Waals surface area contributed by atoms with Gasteiger partial charge in [0.1, 0.15) is 12.2 Å². The molecule has 1 aromatic carbocycles. The second-order valence-electron chi connectivity index (χ2n) is 6.01. The third-order valence-corrected chi connectivity index (χ3v) is 4.05. The first-order chi connectivity index (χ1) is 11.6. The minimum atomic E-state index is -0.403. The molecule has 1 aliphatic rings. The van der Waals surface area contributed by atoms with Gasteiger partial charge in [0.2, 0.25) is 5.91 Å². The summed E-state index contributed by atoms with van der Waals surface area (Å²) in [5.74, 6) is -0.250. The lowest BCUT2D eigenvalue weighted by atomic mass is 10.1. The number of hydrogen-bond donors (Lipinski definition) is 1. The molecular formula is C18H21NO5. The number of fused-ring (bicyclic) bond motifs is 1. The van der Waals surface area contributed by atoms with Crippen LogP contribution in [0.15, 0.2) is 33.5 Å². The number of hydrogen-bond acceptors (Lipinski definition) is 5. The van der Waals surface area contributed by atoms with Crippen LogP contribution in [0.1, 0.15) is 24.8 Å². The largest absolute Gasteiger partial charge is 0.423 e. The molecule has 0 aliphatic carbocycles. The fourth-order valence-corrected chi connectivity index (χ4v) is 2.82. The van der Waals surface area contributed by atoms with Crippen LogP contribution in [0.25, 0.3) is 11.0 Å². The molecule has 1 saturated heterocycles. The number of carbonyl (C=O) groups is 1.